The summed E-state index contributed by atoms with van der Waals surface area (Å²) in [6.07, 6.45) is 0.335. The van der Waals surface area contributed by atoms with Crippen LogP contribution < -0.4 is 10.6 Å². The molecule has 0 radical (unpaired) electrons. The number of hydrogen-bond acceptors (Lipinski definition) is 4. The van der Waals surface area contributed by atoms with Crippen molar-refractivity contribution in [2.75, 3.05) is 38.3 Å². The predicted octanol–water partition coefficient (Wildman–Crippen LogP) is 0.951. The van der Waals surface area contributed by atoms with Gasteiger partial charge in [-0.2, -0.15) is 0 Å². The molecule has 1 aliphatic heterocycles. The molecule has 6 heteroatoms. The molecule has 2 N–H and O–H groups in total. The number of amides is 2. The Labute approximate surface area is 123 Å². The number of nitrogens with zero attached hydrogens (tertiary/aromatic N) is 1. The monoisotopic (exact) mass is 293 g/mol. The lowest BCUT2D eigenvalue weighted by Crippen LogP contribution is -2.32. The Morgan fingerprint density at radius 3 is 3.00 bits per heavy atom. The van der Waals surface area contributed by atoms with Crippen LogP contribution in [0.5, 0.6) is 0 Å². The minimum atomic E-state index is 0.00147. The molecule has 2 rings (SSSR count). The molecule has 0 fully saturated rings. The van der Waals surface area contributed by atoms with E-state index >= 15 is 0 Å². The third-order valence-electron chi connectivity index (χ3n) is 2.92. The van der Waals surface area contributed by atoms with E-state index in [9.17, 15) is 9.59 Å². The largest absolute Gasteiger partial charge is 0.355 e. The van der Waals surface area contributed by atoms with Gasteiger partial charge in [0.05, 0.1) is 17.9 Å². The third kappa shape index (κ3) is 4.25. The number of benzene rings is 1. The Morgan fingerprint density at radius 2 is 2.25 bits per heavy atom. The normalized spacial score (nSPS) is 13.8. The van der Waals surface area contributed by atoms with Crippen LogP contribution in [0.1, 0.15) is 5.56 Å². The zero-order chi connectivity index (χ0) is 14.5. The van der Waals surface area contributed by atoms with Crippen LogP contribution in [0.25, 0.3) is 0 Å². The van der Waals surface area contributed by atoms with Crippen molar-refractivity contribution in [3.8, 4) is 0 Å². The quantitative estimate of drug-likeness (QED) is 0.848. The number of rotatable bonds is 5. The highest BCUT2D eigenvalue weighted by Gasteiger charge is 2.16. The summed E-state index contributed by atoms with van der Waals surface area (Å²) < 4.78 is 0. The Morgan fingerprint density at radius 1 is 1.45 bits per heavy atom. The number of anilines is 1. The molecule has 1 aliphatic rings. The van der Waals surface area contributed by atoms with Crippen molar-refractivity contribution >= 4 is 29.3 Å². The lowest BCUT2D eigenvalue weighted by molar-refractivity contribution is -0.120. The fraction of sp³-hybridized carbons (Fsp3) is 0.429. The summed E-state index contributed by atoms with van der Waals surface area (Å²) in [5.41, 5.74) is 1.72. The van der Waals surface area contributed by atoms with Crippen LogP contribution in [0.3, 0.4) is 0 Å². The number of likely N-dealkylation sites (N-methyl/N-ethyl adjacent to an activating group) is 1. The lowest BCUT2D eigenvalue weighted by atomic mass is 10.1. The summed E-state index contributed by atoms with van der Waals surface area (Å²) in [7, 11) is 3.94. The van der Waals surface area contributed by atoms with Crippen molar-refractivity contribution < 1.29 is 9.59 Å². The molecular weight excluding hydrogens is 274 g/mol. The van der Waals surface area contributed by atoms with Crippen LogP contribution in [0, 0.1) is 0 Å². The van der Waals surface area contributed by atoms with Crippen LogP contribution in [0.2, 0.25) is 0 Å². The van der Waals surface area contributed by atoms with Crippen molar-refractivity contribution in [1.82, 2.24) is 10.2 Å². The zero-order valence-corrected chi connectivity index (χ0v) is 12.5. The molecule has 0 aromatic heterocycles. The first-order valence-corrected chi connectivity index (χ1v) is 7.50. The third-order valence-corrected chi connectivity index (χ3v) is 4.00. The highest BCUT2D eigenvalue weighted by atomic mass is 32.2. The molecule has 0 atom stereocenters. The summed E-state index contributed by atoms with van der Waals surface area (Å²) in [5, 5.41) is 5.71. The SMILES string of the molecule is CN(C)CCNC(=O)Cc1ccc2c(c1)NC(=O)CS2. The highest BCUT2D eigenvalue weighted by molar-refractivity contribution is 8.00. The standard InChI is InChI=1S/C14H19N3O2S/c1-17(2)6-5-15-13(18)8-10-3-4-12-11(7-10)16-14(19)9-20-12/h3-4,7H,5-6,8-9H2,1-2H3,(H,15,18)(H,16,19). The maximum atomic E-state index is 11.8. The van der Waals surface area contributed by atoms with E-state index in [0.717, 1.165) is 22.7 Å². The average Bonchev–Trinajstić information content (AvgIpc) is 2.37. The van der Waals surface area contributed by atoms with Gasteiger partial charge in [0.1, 0.15) is 0 Å². The molecule has 0 spiro atoms. The van der Waals surface area contributed by atoms with Crippen molar-refractivity contribution in [2.45, 2.75) is 11.3 Å². The minimum Gasteiger partial charge on any atom is -0.355 e. The number of fused-ring (bicyclic) bond motifs is 1. The Bertz CT molecular complexity index is 517. The fourth-order valence-corrected chi connectivity index (χ4v) is 2.70. The zero-order valence-electron chi connectivity index (χ0n) is 11.7. The Kier molecular flexibility index (Phi) is 5.03. The van der Waals surface area contributed by atoms with Gasteiger partial charge in [-0.3, -0.25) is 9.59 Å². The fourth-order valence-electron chi connectivity index (χ4n) is 1.91. The van der Waals surface area contributed by atoms with Crippen LogP contribution in [0.4, 0.5) is 5.69 Å². The topological polar surface area (TPSA) is 61.4 Å². The molecule has 1 aromatic rings. The first kappa shape index (κ1) is 14.9. The summed E-state index contributed by atoms with van der Waals surface area (Å²) in [6.45, 7) is 1.46. The van der Waals surface area contributed by atoms with E-state index in [1.54, 1.807) is 0 Å². The second kappa shape index (κ2) is 6.76. The molecule has 2 amide bonds. The van der Waals surface area contributed by atoms with Gasteiger partial charge in [-0.1, -0.05) is 6.07 Å². The Balaban J connectivity index is 1.91. The number of carbonyl (C=O) groups is 2. The van der Waals surface area contributed by atoms with Gasteiger partial charge >= 0.3 is 0 Å². The molecule has 0 aliphatic carbocycles. The molecule has 108 valence electrons. The van der Waals surface area contributed by atoms with E-state index in [0.29, 0.717) is 18.7 Å². The van der Waals surface area contributed by atoms with Crippen molar-refractivity contribution in [3.05, 3.63) is 23.8 Å². The van der Waals surface area contributed by atoms with E-state index in [1.165, 1.54) is 11.8 Å². The first-order chi connectivity index (χ1) is 9.54. The molecule has 0 saturated heterocycles. The van der Waals surface area contributed by atoms with Gasteiger partial charge in [0.15, 0.2) is 0 Å². The van der Waals surface area contributed by atoms with E-state index in [-0.39, 0.29) is 11.8 Å². The molecule has 0 unspecified atom stereocenters. The summed E-state index contributed by atoms with van der Waals surface area (Å²) in [5.74, 6) is 0.467. The maximum absolute atomic E-state index is 11.8. The van der Waals surface area contributed by atoms with E-state index in [4.69, 9.17) is 0 Å². The lowest BCUT2D eigenvalue weighted by Gasteiger charge is -2.17. The van der Waals surface area contributed by atoms with Gasteiger partial charge in [0.25, 0.3) is 0 Å². The summed E-state index contributed by atoms with van der Waals surface area (Å²) in [4.78, 5) is 26.2. The number of hydrogen-bond donors (Lipinski definition) is 2. The van der Waals surface area contributed by atoms with E-state index in [1.807, 2.05) is 37.2 Å². The van der Waals surface area contributed by atoms with Crippen molar-refractivity contribution in [1.29, 1.82) is 0 Å². The highest BCUT2D eigenvalue weighted by Crippen LogP contribution is 2.31. The average molecular weight is 293 g/mol. The predicted molar refractivity (Wildman–Crippen MR) is 81.1 cm³/mol. The van der Waals surface area contributed by atoms with Crippen LogP contribution in [0.15, 0.2) is 23.1 Å². The Hall–Kier alpha value is -1.53. The van der Waals surface area contributed by atoms with E-state index < -0.39 is 0 Å². The van der Waals surface area contributed by atoms with Gasteiger partial charge in [0, 0.05) is 18.0 Å². The molecule has 0 saturated carbocycles. The number of nitrogens with one attached hydrogen (secondary N) is 2. The molecule has 1 aromatic carbocycles. The molecular formula is C14H19N3O2S. The summed E-state index contributed by atoms with van der Waals surface area (Å²) in [6, 6.07) is 5.78. The second-order valence-corrected chi connectivity index (χ2v) is 6.01. The van der Waals surface area contributed by atoms with Gasteiger partial charge in [-0.05, 0) is 31.8 Å². The van der Waals surface area contributed by atoms with Crippen LogP contribution in [-0.2, 0) is 16.0 Å². The maximum Gasteiger partial charge on any atom is 0.234 e. The molecule has 1 heterocycles. The smallest absolute Gasteiger partial charge is 0.234 e. The molecule has 20 heavy (non-hydrogen) atoms. The molecule has 0 bridgehead atoms. The molecule has 5 nitrogen and oxygen atoms in total. The number of thioether (sulfide) groups is 1. The van der Waals surface area contributed by atoms with Crippen LogP contribution in [-0.4, -0.2) is 49.7 Å². The van der Waals surface area contributed by atoms with Gasteiger partial charge in [0.2, 0.25) is 11.8 Å². The van der Waals surface area contributed by atoms with Crippen molar-refractivity contribution in [2.24, 2.45) is 0 Å². The number of carbonyl (C=O) groups excluding carboxylic acids is 2. The van der Waals surface area contributed by atoms with Gasteiger partial charge < -0.3 is 15.5 Å². The minimum absolute atomic E-state index is 0.00147. The summed E-state index contributed by atoms with van der Waals surface area (Å²) >= 11 is 1.52. The second-order valence-electron chi connectivity index (χ2n) is 5.00. The van der Waals surface area contributed by atoms with Gasteiger partial charge in [-0.15, -0.1) is 11.8 Å². The van der Waals surface area contributed by atoms with Gasteiger partial charge in [-0.25, -0.2) is 0 Å². The van der Waals surface area contributed by atoms with E-state index in [2.05, 4.69) is 10.6 Å². The first-order valence-electron chi connectivity index (χ1n) is 6.51. The van der Waals surface area contributed by atoms with Crippen molar-refractivity contribution in [3.63, 3.8) is 0 Å². The van der Waals surface area contributed by atoms with Crippen LogP contribution >= 0.6 is 11.8 Å².